The summed E-state index contributed by atoms with van der Waals surface area (Å²) < 4.78 is 14.4. The van der Waals surface area contributed by atoms with Crippen molar-refractivity contribution < 1.29 is 24.1 Å². The van der Waals surface area contributed by atoms with Crippen LogP contribution in [0.3, 0.4) is 0 Å². The van der Waals surface area contributed by atoms with Crippen molar-refractivity contribution in [2.24, 2.45) is 0 Å². The summed E-state index contributed by atoms with van der Waals surface area (Å²) in [4.78, 5) is 11.2. The fourth-order valence-electron chi connectivity index (χ4n) is 1.19. The second-order valence-corrected chi connectivity index (χ2v) is 2.69. The Labute approximate surface area is 87.2 Å². The van der Waals surface area contributed by atoms with E-state index in [0.717, 1.165) is 0 Å². The molecule has 1 rings (SSSR count). The number of benzene rings is 1. The van der Waals surface area contributed by atoms with Gasteiger partial charge in [-0.3, -0.25) is 0 Å². The van der Waals surface area contributed by atoms with Crippen molar-refractivity contribution in [3.63, 3.8) is 0 Å². The van der Waals surface area contributed by atoms with Crippen LogP contribution in [-0.2, 0) is 4.74 Å². The summed E-state index contributed by atoms with van der Waals surface area (Å²) >= 11 is 0. The Morgan fingerprint density at radius 1 is 1.20 bits per heavy atom. The Morgan fingerprint density at radius 2 is 1.87 bits per heavy atom. The summed E-state index contributed by atoms with van der Waals surface area (Å²) in [5.74, 6) is -0.458. The molecule has 0 heterocycles. The highest BCUT2D eigenvalue weighted by Gasteiger charge is 2.19. The molecule has 1 N–H and O–H groups in total. The Morgan fingerprint density at radius 3 is 2.33 bits per heavy atom. The molecule has 0 aliphatic heterocycles. The van der Waals surface area contributed by atoms with Gasteiger partial charge < -0.3 is 19.3 Å². The van der Waals surface area contributed by atoms with Crippen molar-refractivity contribution in [2.75, 3.05) is 21.3 Å². The molecule has 1 aromatic carbocycles. The van der Waals surface area contributed by atoms with Crippen molar-refractivity contribution in [3.05, 3.63) is 17.7 Å². The highest BCUT2D eigenvalue weighted by molar-refractivity contribution is 5.93. The lowest BCUT2D eigenvalue weighted by atomic mass is 10.1. The molecule has 1 aromatic rings. The summed E-state index contributed by atoms with van der Waals surface area (Å²) in [7, 11) is 4.05. The van der Waals surface area contributed by atoms with E-state index in [0.29, 0.717) is 5.75 Å². The average molecular weight is 212 g/mol. The zero-order valence-electron chi connectivity index (χ0n) is 8.73. The zero-order valence-corrected chi connectivity index (χ0v) is 8.73. The number of aromatic hydroxyl groups is 1. The summed E-state index contributed by atoms with van der Waals surface area (Å²) in [6.07, 6.45) is 0. The second kappa shape index (κ2) is 4.54. The number of phenolic OH excluding ortho intramolecular Hbond substituents is 1. The fraction of sp³-hybridized carbons (Fsp3) is 0.300. The molecule has 0 radical (unpaired) electrons. The maximum atomic E-state index is 11.2. The van der Waals surface area contributed by atoms with Gasteiger partial charge >= 0.3 is 5.97 Å². The summed E-state index contributed by atoms with van der Waals surface area (Å²) in [6.45, 7) is 0. The highest BCUT2D eigenvalue weighted by Crippen LogP contribution is 2.38. The lowest BCUT2D eigenvalue weighted by Crippen LogP contribution is -2.03. The third-order valence-electron chi connectivity index (χ3n) is 1.92. The first-order chi connectivity index (χ1) is 7.15. The number of hydrogen-bond acceptors (Lipinski definition) is 5. The Hall–Kier alpha value is -1.91. The molecule has 5 nitrogen and oxygen atoms in total. The number of esters is 1. The first-order valence-electron chi connectivity index (χ1n) is 4.18. The Kier molecular flexibility index (Phi) is 3.38. The minimum absolute atomic E-state index is 0.0372. The minimum atomic E-state index is -0.631. The molecule has 0 aromatic heterocycles. The molecule has 0 atom stereocenters. The lowest BCUT2D eigenvalue weighted by Gasteiger charge is -2.11. The number of phenols is 1. The maximum Gasteiger partial charge on any atom is 0.341 e. The van der Waals surface area contributed by atoms with Gasteiger partial charge in [0.1, 0.15) is 5.56 Å². The molecule has 0 unspecified atom stereocenters. The molecule has 5 heteroatoms. The number of carbonyl (C=O) groups excluding carboxylic acids is 1. The van der Waals surface area contributed by atoms with Gasteiger partial charge in [0.15, 0.2) is 11.5 Å². The molecule has 0 aliphatic carbocycles. The van der Waals surface area contributed by atoms with Crippen LogP contribution in [0.15, 0.2) is 12.1 Å². The number of rotatable bonds is 3. The van der Waals surface area contributed by atoms with Gasteiger partial charge in [0.05, 0.1) is 21.3 Å². The van der Waals surface area contributed by atoms with Crippen LogP contribution in [0, 0.1) is 0 Å². The van der Waals surface area contributed by atoms with E-state index in [1.54, 1.807) is 0 Å². The van der Waals surface area contributed by atoms with Gasteiger partial charge in [-0.2, -0.15) is 0 Å². The topological polar surface area (TPSA) is 65.0 Å². The van der Waals surface area contributed by atoms with Gasteiger partial charge in [-0.25, -0.2) is 4.79 Å². The largest absolute Gasteiger partial charge is 0.504 e. The monoisotopic (exact) mass is 212 g/mol. The maximum absolute atomic E-state index is 11.2. The number of carbonyl (C=O) groups is 1. The van der Waals surface area contributed by atoms with Gasteiger partial charge in [0.2, 0.25) is 5.75 Å². The van der Waals surface area contributed by atoms with Crippen LogP contribution in [-0.4, -0.2) is 32.4 Å². The fourth-order valence-corrected chi connectivity index (χ4v) is 1.19. The molecule has 0 aliphatic rings. The van der Waals surface area contributed by atoms with Crippen molar-refractivity contribution >= 4 is 5.97 Å². The van der Waals surface area contributed by atoms with Crippen LogP contribution in [0.5, 0.6) is 17.2 Å². The SMILES string of the molecule is COC(=O)c1ccc(OC)c(OC)c1O. The molecular formula is C10H12O5. The van der Waals surface area contributed by atoms with Crippen LogP contribution < -0.4 is 9.47 Å². The van der Waals surface area contributed by atoms with Crippen molar-refractivity contribution in [1.82, 2.24) is 0 Å². The van der Waals surface area contributed by atoms with Crippen LogP contribution in [0.1, 0.15) is 10.4 Å². The van der Waals surface area contributed by atoms with Gasteiger partial charge in [-0.05, 0) is 12.1 Å². The molecule has 0 fully saturated rings. The van der Waals surface area contributed by atoms with E-state index in [9.17, 15) is 9.90 Å². The predicted molar refractivity (Wildman–Crippen MR) is 52.6 cm³/mol. The number of methoxy groups -OCH3 is 3. The van der Waals surface area contributed by atoms with Gasteiger partial charge in [0, 0.05) is 0 Å². The van der Waals surface area contributed by atoms with Crippen molar-refractivity contribution in [3.8, 4) is 17.2 Å². The standard InChI is InChI=1S/C10H12O5/c1-13-7-5-4-6(10(12)15-3)8(11)9(7)14-2/h4-5,11H,1-3H3. The van der Waals surface area contributed by atoms with Crippen LogP contribution >= 0.6 is 0 Å². The highest BCUT2D eigenvalue weighted by atomic mass is 16.5. The quantitative estimate of drug-likeness (QED) is 0.762. The lowest BCUT2D eigenvalue weighted by molar-refractivity contribution is 0.0596. The normalized spacial score (nSPS) is 9.53. The van der Waals surface area contributed by atoms with Gasteiger partial charge in [0.25, 0.3) is 0 Å². The third kappa shape index (κ3) is 1.96. The molecule has 0 bridgehead atoms. The first kappa shape index (κ1) is 11.2. The Bertz CT molecular complexity index is 372. The molecule has 0 saturated carbocycles. The molecule has 0 saturated heterocycles. The number of ether oxygens (including phenoxy) is 3. The average Bonchev–Trinajstić information content (AvgIpc) is 2.27. The summed E-state index contributed by atoms with van der Waals surface area (Å²) in [5, 5.41) is 9.70. The van der Waals surface area contributed by atoms with E-state index < -0.39 is 5.97 Å². The summed E-state index contributed by atoms with van der Waals surface area (Å²) in [5.41, 5.74) is 0.0372. The Balaban J connectivity index is 3.29. The molecule has 15 heavy (non-hydrogen) atoms. The van der Waals surface area contributed by atoms with E-state index in [4.69, 9.17) is 9.47 Å². The smallest absolute Gasteiger partial charge is 0.341 e. The number of hydrogen-bond donors (Lipinski definition) is 1. The minimum Gasteiger partial charge on any atom is -0.504 e. The molecular weight excluding hydrogens is 200 g/mol. The van der Waals surface area contributed by atoms with Crippen LogP contribution in [0.25, 0.3) is 0 Å². The van der Waals surface area contributed by atoms with Gasteiger partial charge in [-0.15, -0.1) is 0 Å². The van der Waals surface area contributed by atoms with E-state index in [-0.39, 0.29) is 17.1 Å². The third-order valence-corrected chi connectivity index (χ3v) is 1.92. The predicted octanol–water partition coefficient (Wildman–Crippen LogP) is 1.20. The first-order valence-corrected chi connectivity index (χ1v) is 4.18. The molecule has 0 amide bonds. The van der Waals surface area contributed by atoms with E-state index >= 15 is 0 Å². The van der Waals surface area contributed by atoms with E-state index in [1.165, 1.54) is 33.5 Å². The zero-order chi connectivity index (χ0) is 11.4. The molecule has 82 valence electrons. The van der Waals surface area contributed by atoms with Crippen LogP contribution in [0.4, 0.5) is 0 Å². The van der Waals surface area contributed by atoms with Gasteiger partial charge in [-0.1, -0.05) is 0 Å². The second-order valence-electron chi connectivity index (χ2n) is 2.69. The van der Waals surface area contributed by atoms with E-state index in [1.807, 2.05) is 0 Å². The van der Waals surface area contributed by atoms with Crippen molar-refractivity contribution in [2.45, 2.75) is 0 Å². The summed E-state index contributed by atoms with van der Waals surface area (Å²) in [6, 6.07) is 2.92. The van der Waals surface area contributed by atoms with Crippen LogP contribution in [0.2, 0.25) is 0 Å². The van der Waals surface area contributed by atoms with E-state index in [2.05, 4.69) is 4.74 Å². The molecule has 0 spiro atoms. The van der Waals surface area contributed by atoms with Crippen molar-refractivity contribution in [1.29, 1.82) is 0 Å².